The van der Waals surface area contributed by atoms with Crippen molar-refractivity contribution in [2.45, 2.75) is 32.7 Å². The summed E-state index contributed by atoms with van der Waals surface area (Å²) in [5, 5.41) is 5.16. The molecule has 0 bridgehead atoms. The number of hydrogen-bond donors (Lipinski definition) is 2. The Labute approximate surface area is 141 Å². The first-order chi connectivity index (χ1) is 11.5. The van der Waals surface area contributed by atoms with Crippen LogP contribution in [0.1, 0.15) is 37.0 Å². The number of esters is 1. The summed E-state index contributed by atoms with van der Waals surface area (Å²) in [7, 11) is 1.53. The van der Waals surface area contributed by atoms with E-state index in [9.17, 15) is 14.4 Å². The van der Waals surface area contributed by atoms with E-state index in [0.717, 1.165) is 12.8 Å². The van der Waals surface area contributed by atoms with Gasteiger partial charge in [0, 0.05) is 11.6 Å². The molecule has 1 rings (SSSR count). The Morgan fingerprint density at radius 2 is 1.83 bits per heavy atom. The molecule has 132 valence electrons. The molecule has 0 heterocycles. The molecule has 0 radical (unpaired) electrons. The summed E-state index contributed by atoms with van der Waals surface area (Å²) in [5.74, 6) is -0.800. The fraction of sp³-hybridized carbons (Fsp3) is 0.471. The predicted octanol–water partition coefficient (Wildman–Crippen LogP) is 1.27. The maximum atomic E-state index is 11.9. The highest BCUT2D eigenvalue weighted by atomic mass is 16.5. The highest BCUT2D eigenvalue weighted by molar-refractivity contribution is 5.96. The van der Waals surface area contributed by atoms with E-state index in [4.69, 9.17) is 9.47 Å². The van der Waals surface area contributed by atoms with E-state index in [0.29, 0.717) is 11.3 Å². The van der Waals surface area contributed by atoms with Crippen molar-refractivity contribution < 1.29 is 23.9 Å². The second-order valence-corrected chi connectivity index (χ2v) is 5.33. The number of methoxy groups -OCH3 is 1. The molecule has 0 aliphatic carbocycles. The van der Waals surface area contributed by atoms with Gasteiger partial charge in [0.15, 0.2) is 6.61 Å². The summed E-state index contributed by atoms with van der Waals surface area (Å²) in [6.45, 7) is 3.25. The van der Waals surface area contributed by atoms with Gasteiger partial charge in [0.2, 0.25) is 0 Å². The van der Waals surface area contributed by atoms with Crippen LogP contribution >= 0.6 is 0 Å². The van der Waals surface area contributed by atoms with Gasteiger partial charge < -0.3 is 20.1 Å². The molecule has 1 aromatic carbocycles. The van der Waals surface area contributed by atoms with Crippen molar-refractivity contribution in [2.75, 3.05) is 20.3 Å². The van der Waals surface area contributed by atoms with Crippen LogP contribution in [0, 0.1) is 0 Å². The maximum Gasteiger partial charge on any atom is 0.325 e. The molecule has 2 N–H and O–H groups in total. The zero-order valence-electron chi connectivity index (χ0n) is 14.3. The zero-order valence-corrected chi connectivity index (χ0v) is 14.3. The summed E-state index contributed by atoms with van der Waals surface area (Å²) >= 11 is 0. The van der Waals surface area contributed by atoms with Gasteiger partial charge in [-0.1, -0.05) is 13.3 Å². The first kappa shape index (κ1) is 19.5. The summed E-state index contributed by atoms with van der Waals surface area (Å²) in [5.41, 5.74) is 0.398. The third kappa shape index (κ3) is 7.13. The molecule has 2 amide bonds. The Kier molecular flexibility index (Phi) is 8.32. The second kappa shape index (κ2) is 10.3. The Morgan fingerprint density at radius 1 is 1.17 bits per heavy atom. The van der Waals surface area contributed by atoms with Gasteiger partial charge in [-0.05, 0) is 37.6 Å². The lowest BCUT2D eigenvalue weighted by atomic mass is 10.2. The van der Waals surface area contributed by atoms with E-state index < -0.39 is 11.9 Å². The van der Waals surface area contributed by atoms with Crippen LogP contribution in [-0.2, 0) is 14.3 Å². The molecule has 0 aromatic heterocycles. The van der Waals surface area contributed by atoms with Crippen LogP contribution in [0.2, 0.25) is 0 Å². The molecule has 0 spiro atoms. The number of nitrogens with one attached hydrogen (secondary N) is 2. The van der Waals surface area contributed by atoms with Crippen LogP contribution in [0.5, 0.6) is 5.75 Å². The number of carbonyl (C=O) groups is 3. The standard InChI is InChI=1S/C17H24N2O5/c1-4-5-12(2)19-15(20)11-24-16(21)10-18-17(22)13-6-8-14(23-3)9-7-13/h6-9,12H,4-5,10-11H2,1-3H3,(H,18,22)(H,19,20)/t12-/m0/s1. The zero-order chi connectivity index (χ0) is 17.9. The average Bonchev–Trinajstić information content (AvgIpc) is 2.58. The van der Waals surface area contributed by atoms with E-state index in [1.54, 1.807) is 24.3 Å². The number of rotatable bonds is 9. The lowest BCUT2D eigenvalue weighted by molar-refractivity contribution is -0.147. The topological polar surface area (TPSA) is 93.7 Å². The molecule has 0 aliphatic rings. The van der Waals surface area contributed by atoms with Crippen molar-refractivity contribution in [3.8, 4) is 5.75 Å². The van der Waals surface area contributed by atoms with Crippen molar-refractivity contribution in [1.82, 2.24) is 10.6 Å². The van der Waals surface area contributed by atoms with Gasteiger partial charge in [-0.25, -0.2) is 0 Å². The third-order valence-corrected chi connectivity index (χ3v) is 3.24. The van der Waals surface area contributed by atoms with Crippen molar-refractivity contribution in [3.63, 3.8) is 0 Å². The van der Waals surface area contributed by atoms with E-state index in [2.05, 4.69) is 10.6 Å². The van der Waals surface area contributed by atoms with E-state index in [1.165, 1.54) is 7.11 Å². The molecular formula is C17H24N2O5. The molecule has 0 fully saturated rings. The van der Waals surface area contributed by atoms with E-state index in [-0.39, 0.29) is 25.1 Å². The summed E-state index contributed by atoms with van der Waals surface area (Å²) in [6, 6.07) is 6.50. The number of benzene rings is 1. The van der Waals surface area contributed by atoms with E-state index in [1.807, 2.05) is 13.8 Å². The van der Waals surface area contributed by atoms with Gasteiger partial charge in [-0.3, -0.25) is 14.4 Å². The van der Waals surface area contributed by atoms with Crippen LogP contribution in [0.25, 0.3) is 0 Å². The van der Waals surface area contributed by atoms with Gasteiger partial charge >= 0.3 is 5.97 Å². The lowest BCUT2D eigenvalue weighted by Gasteiger charge is -2.12. The molecule has 7 heteroatoms. The molecule has 0 saturated carbocycles. The SMILES string of the molecule is CCC[C@H](C)NC(=O)COC(=O)CNC(=O)c1ccc(OC)cc1. The van der Waals surface area contributed by atoms with Gasteiger partial charge in [-0.15, -0.1) is 0 Å². The van der Waals surface area contributed by atoms with Crippen molar-refractivity contribution >= 4 is 17.8 Å². The van der Waals surface area contributed by atoms with Gasteiger partial charge in [-0.2, -0.15) is 0 Å². The number of amides is 2. The van der Waals surface area contributed by atoms with Crippen LogP contribution in [0.3, 0.4) is 0 Å². The molecule has 0 unspecified atom stereocenters. The number of carbonyl (C=O) groups excluding carboxylic acids is 3. The largest absolute Gasteiger partial charge is 0.497 e. The Hall–Kier alpha value is -2.57. The summed E-state index contributed by atoms with van der Waals surface area (Å²) < 4.78 is 9.82. The highest BCUT2D eigenvalue weighted by Gasteiger charge is 2.12. The number of hydrogen-bond acceptors (Lipinski definition) is 5. The minimum atomic E-state index is -0.671. The first-order valence-corrected chi connectivity index (χ1v) is 7.83. The van der Waals surface area contributed by atoms with Gasteiger partial charge in [0.25, 0.3) is 11.8 Å². The number of ether oxygens (including phenoxy) is 2. The van der Waals surface area contributed by atoms with Gasteiger partial charge in [0.05, 0.1) is 7.11 Å². The molecule has 1 atom stereocenters. The minimum absolute atomic E-state index is 0.0379. The van der Waals surface area contributed by atoms with Crippen LogP contribution in [0.4, 0.5) is 0 Å². The molecule has 24 heavy (non-hydrogen) atoms. The van der Waals surface area contributed by atoms with Crippen molar-refractivity contribution in [3.05, 3.63) is 29.8 Å². The highest BCUT2D eigenvalue weighted by Crippen LogP contribution is 2.10. The quantitative estimate of drug-likeness (QED) is 0.663. The van der Waals surface area contributed by atoms with Crippen molar-refractivity contribution in [2.24, 2.45) is 0 Å². The van der Waals surface area contributed by atoms with Crippen LogP contribution < -0.4 is 15.4 Å². The second-order valence-electron chi connectivity index (χ2n) is 5.33. The summed E-state index contributed by atoms with van der Waals surface area (Å²) in [4.78, 5) is 35.0. The molecular weight excluding hydrogens is 312 g/mol. The predicted molar refractivity (Wildman–Crippen MR) is 88.8 cm³/mol. The fourth-order valence-corrected chi connectivity index (χ4v) is 2.02. The normalized spacial score (nSPS) is 11.3. The lowest BCUT2D eigenvalue weighted by Crippen LogP contribution is -2.37. The molecule has 0 saturated heterocycles. The van der Waals surface area contributed by atoms with Crippen LogP contribution in [0.15, 0.2) is 24.3 Å². The fourth-order valence-electron chi connectivity index (χ4n) is 2.02. The molecule has 7 nitrogen and oxygen atoms in total. The molecule has 1 aromatic rings. The Morgan fingerprint density at radius 3 is 2.42 bits per heavy atom. The molecule has 0 aliphatic heterocycles. The Bertz CT molecular complexity index is 557. The van der Waals surface area contributed by atoms with E-state index >= 15 is 0 Å². The monoisotopic (exact) mass is 336 g/mol. The smallest absolute Gasteiger partial charge is 0.325 e. The van der Waals surface area contributed by atoms with Crippen LogP contribution in [-0.4, -0.2) is 44.1 Å². The minimum Gasteiger partial charge on any atom is -0.497 e. The van der Waals surface area contributed by atoms with Crippen molar-refractivity contribution in [1.29, 1.82) is 0 Å². The first-order valence-electron chi connectivity index (χ1n) is 7.83. The summed E-state index contributed by atoms with van der Waals surface area (Å²) in [6.07, 6.45) is 1.82. The third-order valence-electron chi connectivity index (χ3n) is 3.24. The maximum absolute atomic E-state index is 11.9. The Balaban J connectivity index is 2.29. The average molecular weight is 336 g/mol. The van der Waals surface area contributed by atoms with Gasteiger partial charge in [0.1, 0.15) is 12.3 Å².